The molecule has 0 aromatic heterocycles. The van der Waals surface area contributed by atoms with Crippen LogP contribution in [-0.4, -0.2) is 41.9 Å². The molecule has 0 aliphatic carbocycles. The second-order valence-corrected chi connectivity index (χ2v) is 5.79. The molecule has 2 rings (SSSR count). The van der Waals surface area contributed by atoms with Crippen molar-refractivity contribution in [2.24, 2.45) is 0 Å². The van der Waals surface area contributed by atoms with E-state index in [-0.39, 0.29) is 11.9 Å². The van der Waals surface area contributed by atoms with Crippen molar-refractivity contribution in [1.29, 1.82) is 5.26 Å². The summed E-state index contributed by atoms with van der Waals surface area (Å²) in [6, 6.07) is 10.5. The average Bonchev–Trinajstić information content (AvgIpc) is 2.57. The van der Waals surface area contributed by atoms with Gasteiger partial charge in [-0.2, -0.15) is 5.26 Å². The van der Waals surface area contributed by atoms with Crippen LogP contribution in [0.1, 0.15) is 43.9 Å². The number of piperazine rings is 1. The molecule has 0 saturated carbocycles. The Morgan fingerprint density at radius 2 is 1.82 bits per heavy atom. The third-order valence-corrected chi connectivity index (χ3v) is 4.32. The van der Waals surface area contributed by atoms with E-state index >= 15 is 0 Å². The van der Waals surface area contributed by atoms with E-state index in [0.717, 1.165) is 44.6 Å². The van der Waals surface area contributed by atoms with Crippen LogP contribution in [-0.2, 0) is 11.2 Å². The lowest BCUT2D eigenvalue weighted by Gasteiger charge is -2.37. The Bertz CT molecular complexity index is 524. The van der Waals surface area contributed by atoms with E-state index in [9.17, 15) is 10.1 Å². The van der Waals surface area contributed by atoms with Gasteiger partial charge >= 0.3 is 0 Å². The first-order chi connectivity index (χ1) is 10.7. The molecule has 1 amide bonds. The molecule has 1 fully saturated rings. The number of benzene rings is 1. The van der Waals surface area contributed by atoms with Gasteiger partial charge in [-0.15, -0.1) is 0 Å². The number of amides is 1. The maximum Gasteiger partial charge on any atom is 0.222 e. The summed E-state index contributed by atoms with van der Waals surface area (Å²) in [6.45, 7) is 7.14. The van der Waals surface area contributed by atoms with Gasteiger partial charge in [0.15, 0.2) is 0 Å². The van der Waals surface area contributed by atoms with E-state index in [1.807, 2.05) is 11.8 Å². The molecule has 0 spiro atoms. The van der Waals surface area contributed by atoms with Gasteiger partial charge in [-0.25, -0.2) is 0 Å². The van der Waals surface area contributed by atoms with Crippen molar-refractivity contribution in [3.05, 3.63) is 35.4 Å². The molecule has 1 heterocycles. The van der Waals surface area contributed by atoms with Crippen molar-refractivity contribution >= 4 is 5.91 Å². The van der Waals surface area contributed by atoms with Gasteiger partial charge in [-0.05, 0) is 24.0 Å². The summed E-state index contributed by atoms with van der Waals surface area (Å²) < 4.78 is 0. The van der Waals surface area contributed by atoms with Crippen LogP contribution >= 0.6 is 0 Å². The number of carbonyl (C=O) groups excluding carboxylic acids is 1. The maximum atomic E-state index is 11.9. The Hall–Kier alpha value is -1.86. The fourth-order valence-corrected chi connectivity index (χ4v) is 2.90. The van der Waals surface area contributed by atoms with Gasteiger partial charge in [0.25, 0.3) is 0 Å². The standard InChI is InChI=1S/C18H25N3O/c1-3-5-18(22)21-12-10-20(11-13-21)17(14-19)16-8-6-15(4-2)7-9-16/h6-9,17H,3-5,10-13H2,1-2H3. The number of hydrogen-bond donors (Lipinski definition) is 0. The largest absolute Gasteiger partial charge is 0.340 e. The highest BCUT2D eigenvalue weighted by atomic mass is 16.2. The SMILES string of the molecule is CCCC(=O)N1CCN(C(C#N)c2ccc(CC)cc2)CC1. The average molecular weight is 299 g/mol. The lowest BCUT2D eigenvalue weighted by molar-refractivity contribution is -0.133. The first-order valence-corrected chi connectivity index (χ1v) is 8.19. The van der Waals surface area contributed by atoms with Crippen molar-refractivity contribution in [3.8, 4) is 6.07 Å². The molecule has 1 aliphatic rings. The van der Waals surface area contributed by atoms with E-state index < -0.39 is 0 Å². The Morgan fingerprint density at radius 3 is 2.32 bits per heavy atom. The van der Waals surface area contributed by atoms with Crippen LogP contribution in [0.2, 0.25) is 0 Å². The minimum absolute atomic E-state index is 0.214. The highest BCUT2D eigenvalue weighted by Gasteiger charge is 2.26. The highest BCUT2D eigenvalue weighted by molar-refractivity contribution is 5.76. The molecule has 1 atom stereocenters. The summed E-state index contributed by atoms with van der Waals surface area (Å²) in [7, 11) is 0. The van der Waals surface area contributed by atoms with Crippen molar-refractivity contribution < 1.29 is 4.79 Å². The van der Waals surface area contributed by atoms with E-state index in [4.69, 9.17) is 0 Å². The fraction of sp³-hybridized carbons (Fsp3) is 0.556. The Kier molecular flexibility index (Phi) is 5.97. The molecular formula is C18H25N3O. The van der Waals surface area contributed by atoms with Crippen LogP contribution in [0.3, 0.4) is 0 Å². The maximum absolute atomic E-state index is 11.9. The predicted octanol–water partition coefficient (Wildman–Crippen LogP) is 2.76. The molecule has 4 nitrogen and oxygen atoms in total. The normalized spacial score (nSPS) is 17.0. The summed E-state index contributed by atoms with van der Waals surface area (Å²) in [4.78, 5) is 16.0. The van der Waals surface area contributed by atoms with Gasteiger partial charge < -0.3 is 4.90 Å². The third-order valence-electron chi connectivity index (χ3n) is 4.32. The summed E-state index contributed by atoms with van der Waals surface area (Å²) in [5, 5.41) is 9.55. The first-order valence-electron chi connectivity index (χ1n) is 8.19. The Labute approximate surface area is 133 Å². The topological polar surface area (TPSA) is 47.3 Å². The highest BCUT2D eigenvalue weighted by Crippen LogP contribution is 2.22. The van der Waals surface area contributed by atoms with Crippen molar-refractivity contribution in [2.45, 2.75) is 39.2 Å². The van der Waals surface area contributed by atoms with Gasteiger partial charge in [0.2, 0.25) is 5.91 Å². The summed E-state index contributed by atoms with van der Waals surface area (Å²) >= 11 is 0. The zero-order chi connectivity index (χ0) is 15.9. The molecule has 1 saturated heterocycles. The quantitative estimate of drug-likeness (QED) is 0.840. The number of carbonyl (C=O) groups is 1. The van der Waals surface area contributed by atoms with E-state index in [2.05, 4.69) is 42.2 Å². The van der Waals surface area contributed by atoms with Crippen LogP contribution in [0.5, 0.6) is 0 Å². The molecule has 1 aromatic rings. The van der Waals surface area contributed by atoms with Crippen molar-refractivity contribution in [1.82, 2.24) is 9.80 Å². The van der Waals surface area contributed by atoms with Gasteiger partial charge in [0, 0.05) is 32.6 Å². The fourth-order valence-electron chi connectivity index (χ4n) is 2.90. The zero-order valence-corrected chi connectivity index (χ0v) is 13.6. The number of nitrogens with zero attached hydrogens (tertiary/aromatic N) is 3. The Balaban J connectivity index is 1.98. The van der Waals surface area contributed by atoms with Crippen LogP contribution in [0.15, 0.2) is 24.3 Å². The molecule has 4 heteroatoms. The third kappa shape index (κ3) is 3.86. The monoisotopic (exact) mass is 299 g/mol. The molecule has 0 radical (unpaired) electrons. The first kappa shape index (κ1) is 16.5. The van der Waals surface area contributed by atoms with Crippen LogP contribution in [0.25, 0.3) is 0 Å². The lowest BCUT2D eigenvalue weighted by atomic mass is 10.0. The van der Waals surface area contributed by atoms with Crippen LogP contribution in [0, 0.1) is 11.3 Å². The minimum Gasteiger partial charge on any atom is -0.340 e. The zero-order valence-electron chi connectivity index (χ0n) is 13.6. The minimum atomic E-state index is -0.214. The summed E-state index contributed by atoms with van der Waals surface area (Å²) in [5.74, 6) is 0.239. The molecule has 1 aliphatic heterocycles. The van der Waals surface area contributed by atoms with E-state index in [1.54, 1.807) is 0 Å². The van der Waals surface area contributed by atoms with Crippen molar-refractivity contribution in [3.63, 3.8) is 0 Å². The molecule has 1 aromatic carbocycles. The number of aryl methyl sites for hydroxylation is 1. The van der Waals surface area contributed by atoms with E-state index in [0.29, 0.717) is 6.42 Å². The predicted molar refractivity (Wildman–Crippen MR) is 87.2 cm³/mol. The summed E-state index contributed by atoms with van der Waals surface area (Å²) in [5.41, 5.74) is 2.34. The molecule has 118 valence electrons. The lowest BCUT2D eigenvalue weighted by Crippen LogP contribution is -2.49. The number of rotatable bonds is 5. The van der Waals surface area contributed by atoms with Gasteiger partial charge in [-0.3, -0.25) is 9.69 Å². The van der Waals surface area contributed by atoms with Gasteiger partial charge in [0.05, 0.1) is 6.07 Å². The second kappa shape index (κ2) is 7.95. The van der Waals surface area contributed by atoms with Crippen molar-refractivity contribution in [2.75, 3.05) is 26.2 Å². The Morgan fingerprint density at radius 1 is 1.18 bits per heavy atom. The van der Waals surface area contributed by atoms with Crippen LogP contribution < -0.4 is 0 Å². The van der Waals surface area contributed by atoms with Gasteiger partial charge in [0.1, 0.15) is 6.04 Å². The summed E-state index contributed by atoms with van der Waals surface area (Å²) in [6.07, 6.45) is 2.53. The molecule has 0 N–H and O–H groups in total. The smallest absolute Gasteiger partial charge is 0.222 e. The molecule has 1 unspecified atom stereocenters. The molecular weight excluding hydrogens is 274 g/mol. The number of hydrogen-bond acceptors (Lipinski definition) is 3. The second-order valence-electron chi connectivity index (χ2n) is 5.79. The van der Waals surface area contributed by atoms with Crippen LogP contribution in [0.4, 0.5) is 0 Å². The number of nitriles is 1. The van der Waals surface area contributed by atoms with E-state index in [1.165, 1.54) is 5.56 Å². The molecule has 0 bridgehead atoms. The van der Waals surface area contributed by atoms with Gasteiger partial charge in [-0.1, -0.05) is 38.1 Å². The molecule has 22 heavy (non-hydrogen) atoms.